The number of rotatable bonds is 4. The van der Waals surface area contributed by atoms with Crippen LogP contribution in [-0.2, 0) is 4.74 Å². The van der Waals surface area contributed by atoms with Crippen molar-refractivity contribution in [2.75, 3.05) is 12.4 Å². The highest BCUT2D eigenvalue weighted by Gasteiger charge is 2.21. The number of ether oxygens (including phenoxy) is 1. The van der Waals surface area contributed by atoms with Crippen molar-refractivity contribution >= 4 is 33.6 Å². The maximum atomic E-state index is 12.2. The van der Waals surface area contributed by atoms with Crippen LogP contribution in [0.1, 0.15) is 40.9 Å². The van der Waals surface area contributed by atoms with Crippen LogP contribution < -0.4 is 5.32 Å². The zero-order valence-corrected chi connectivity index (χ0v) is 13.3. The van der Waals surface area contributed by atoms with Gasteiger partial charge in [-0.15, -0.1) is 0 Å². The summed E-state index contributed by atoms with van der Waals surface area (Å²) in [5.41, 5.74) is 0.285. The van der Waals surface area contributed by atoms with Crippen molar-refractivity contribution in [3.63, 3.8) is 0 Å². The van der Waals surface area contributed by atoms with E-state index >= 15 is 0 Å². The molecule has 0 saturated heterocycles. The van der Waals surface area contributed by atoms with Crippen molar-refractivity contribution in [2.24, 2.45) is 0 Å². The molecule has 0 unspecified atom stereocenters. The number of aromatic amines is 1. The van der Waals surface area contributed by atoms with E-state index in [1.807, 2.05) is 13.8 Å². The molecule has 0 saturated carbocycles. The molecular formula is C12H14BrN5O3. The van der Waals surface area contributed by atoms with Crippen molar-refractivity contribution in [1.29, 1.82) is 0 Å². The molecule has 2 aromatic heterocycles. The maximum Gasteiger partial charge on any atom is 0.358 e. The number of anilines is 1. The summed E-state index contributed by atoms with van der Waals surface area (Å²) in [5.74, 6) is -0.994. The summed E-state index contributed by atoms with van der Waals surface area (Å²) >= 11 is 3.29. The van der Waals surface area contributed by atoms with E-state index in [-0.39, 0.29) is 23.2 Å². The molecule has 8 nitrogen and oxygen atoms in total. The van der Waals surface area contributed by atoms with E-state index in [1.54, 1.807) is 10.9 Å². The maximum absolute atomic E-state index is 12.2. The predicted molar refractivity (Wildman–Crippen MR) is 78.2 cm³/mol. The van der Waals surface area contributed by atoms with Crippen molar-refractivity contribution in [3.8, 4) is 0 Å². The van der Waals surface area contributed by atoms with Crippen molar-refractivity contribution in [2.45, 2.75) is 19.9 Å². The number of amides is 1. The third-order valence-electron chi connectivity index (χ3n) is 2.69. The van der Waals surface area contributed by atoms with Crippen LogP contribution in [0.2, 0.25) is 0 Å². The first kappa shape index (κ1) is 15.2. The molecule has 1 amide bonds. The first-order chi connectivity index (χ1) is 9.93. The van der Waals surface area contributed by atoms with Gasteiger partial charge >= 0.3 is 5.97 Å². The standard InChI is InChI=1S/C12H14BrN5O3/c1-6(2)18-4-7(13)8(17-18)11(19)16-10-9(12(20)21-3)14-5-15-10/h4-6H,1-3H3,(H,14,15)(H,16,19). The van der Waals surface area contributed by atoms with Crippen LogP contribution in [0.25, 0.3) is 0 Å². The van der Waals surface area contributed by atoms with E-state index in [4.69, 9.17) is 0 Å². The first-order valence-corrected chi connectivity index (χ1v) is 6.91. The number of carbonyl (C=O) groups excluding carboxylic acids is 2. The van der Waals surface area contributed by atoms with Gasteiger partial charge in [0.15, 0.2) is 17.2 Å². The summed E-state index contributed by atoms with van der Waals surface area (Å²) < 4.78 is 6.81. The molecule has 2 N–H and O–H groups in total. The number of halogens is 1. The molecule has 0 atom stereocenters. The summed E-state index contributed by atoms with van der Waals surface area (Å²) in [4.78, 5) is 30.2. The van der Waals surface area contributed by atoms with E-state index in [2.05, 4.69) is 41.1 Å². The van der Waals surface area contributed by atoms with Gasteiger partial charge in [-0.3, -0.25) is 9.48 Å². The van der Waals surface area contributed by atoms with Gasteiger partial charge in [-0.25, -0.2) is 9.78 Å². The molecule has 21 heavy (non-hydrogen) atoms. The Bertz CT molecular complexity index is 676. The van der Waals surface area contributed by atoms with Gasteiger partial charge in [0.2, 0.25) is 0 Å². The third-order valence-corrected chi connectivity index (χ3v) is 3.27. The Morgan fingerprint density at radius 1 is 1.48 bits per heavy atom. The van der Waals surface area contributed by atoms with Gasteiger partial charge in [0.1, 0.15) is 0 Å². The summed E-state index contributed by atoms with van der Waals surface area (Å²) in [6.07, 6.45) is 3.01. The minimum atomic E-state index is -0.616. The van der Waals surface area contributed by atoms with Gasteiger partial charge in [-0.05, 0) is 29.8 Å². The summed E-state index contributed by atoms with van der Waals surface area (Å²) in [5, 5.41) is 6.72. The van der Waals surface area contributed by atoms with Crippen LogP contribution in [-0.4, -0.2) is 38.7 Å². The first-order valence-electron chi connectivity index (χ1n) is 6.11. The van der Waals surface area contributed by atoms with Crippen LogP contribution in [0.15, 0.2) is 17.0 Å². The normalized spacial score (nSPS) is 10.7. The fourth-order valence-corrected chi connectivity index (χ4v) is 2.07. The molecular weight excluding hydrogens is 342 g/mol. The zero-order valence-electron chi connectivity index (χ0n) is 11.7. The minimum absolute atomic E-state index is 0.0743. The Balaban J connectivity index is 2.23. The lowest BCUT2D eigenvalue weighted by Crippen LogP contribution is -2.17. The summed E-state index contributed by atoms with van der Waals surface area (Å²) in [6, 6.07) is 0.124. The van der Waals surface area contributed by atoms with Crippen LogP contribution in [0.5, 0.6) is 0 Å². The lowest BCUT2D eigenvalue weighted by molar-refractivity contribution is 0.0596. The highest BCUT2D eigenvalue weighted by Crippen LogP contribution is 2.19. The number of methoxy groups -OCH3 is 1. The number of aromatic nitrogens is 4. The van der Waals surface area contributed by atoms with Gasteiger partial charge in [-0.2, -0.15) is 5.10 Å². The van der Waals surface area contributed by atoms with Crippen molar-refractivity contribution in [1.82, 2.24) is 19.7 Å². The average molecular weight is 356 g/mol. The van der Waals surface area contributed by atoms with Gasteiger partial charge in [0.05, 0.1) is 17.9 Å². The van der Waals surface area contributed by atoms with E-state index in [0.29, 0.717) is 4.47 Å². The van der Waals surface area contributed by atoms with Crippen LogP contribution in [0.4, 0.5) is 5.82 Å². The fraction of sp³-hybridized carbons (Fsp3) is 0.333. The van der Waals surface area contributed by atoms with Gasteiger partial charge < -0.3 is 15.0 Å². The molecule has 0 aliphatic carbocycles. The second-order valence-corrected chi connectivity index (χ2v) is 5.33. The molecule has 0 fully saturated rings. The molecule has 0 aliphatic heterocycles. The SMILES string of the molecule is COC(=O)c1[nH]cnc1NC(=O)c1nn(C(C)C)cc1Br. The molecule has 2 rings (SSSR count). The second-order valence-electron chi connectivity index (χ2n) is 4.47. The van der Waals surface area contributed by atoms with E-state index in [9.17, 15) is 9.59 Å². The van der Waals surface area contributed by atoms with Gasteiger partial charge in [0, 0.05) is 12.2 Å². The van der Waals surface area contributed by atoms with E-state index < -0.39 is 11.9 Å². The Morgan fingerprint density at radius 2 is 2.19 bits per heavy atom. The van der Waals surface area contributed by atoms with Crippen LogP contribution in [0, 0.1) is 0 Å². The number of hydrogen-bond acceptors (Lipinski definition) is 5. The largest absolute Gasteiger partial charge is 0.464 e. The molecule has 0 spiro atoms. The molecule has 0 radical (unpaired) electrons. The monoisotopic (exact) mass is 355 g/mol. The fourth-order valence-electron chi connectivity index (χ4n) is 1.60. The molecule has 9 heteroatoms. The predicted octanol–water partition coefficient (Wildman–Crippen LogP) is 1.99. The number of nitrogens with zero attached hydrogens (tertiary/aromatic N) is 3. The van der Waals surface area contributed by atoms with Gasteiger partial charge in [0.25, 0.3) is 5.91 Å². The number of nitrogens with one attached hydrogen (secondary N) is 2. The summed E-state index contributed by atoms with van der Waals surface area (Å²) in [6.45, 7) is 3.90. The number of hydrogen-bond donors (Lipinski definition) is 2. The highest BCUT2D eigenvalue weighted by molar-refractivity contribution is 9.10. The Morgan fingerprint density at radius 3 is 2.76 bits per heavy atom. The Hall–Kier alpha value is -2.16. The summed E-state index contributed by atoms with van der Waals surface area (Å²) in [7, 11) is 1.25. The molecule has 2 heterocycles. The minimum Gasteiger partial charge on any atom is -0.464 e. The molecule has 112 valence electrons. The van der Waals surface area contributed by atoms with Crippen LogP contribution >= 0.6 is 15.9 Å². The average Bonchev–Trinajstić information content (AvgIpc) is 3.04. The Labute approximate surface area is 129 Å². The quantitative estimate of drug-likeness (QED) is 0.816. The van der Waals surface area contributed by atoms with E-state index in [1.165, 1.54) is 13.4 Å². The smallest absolute Gasteiger partial charge is 0.358 e. The lowest BCUT2D eigenvalue weighted by atomic mass is 10.3. The molecule has 0 aliphatic rings. The number of imidazole rings is 1. The molecule has 0 aromatic carbocycles. The zero-order chi connectivity index (χ0) is 15.6. The number of H-pyrrole nitrogens is 1. The van der Waals surface area contributed by atoms with Crippen molar-refractivity contribution < 1.29 is 14.3 Å². The van der Waals surface area contributed by atoms with Crippen molar-refractivity contribution in [3.05, 3.63) is 28.4 Å². The van der Waals surface area contributed by atoms with Gasteiger partial charge in [-0.1, -0.05) is 0 Å². The highest BCUT2D eigenvalue weighted by atomic mass is 79.9. The topological polar surface area (TPSA) is 102 Å². The Kier molecular flexibility index (Phi) is 4.41. The molecule has 0 bridgehead atoms. The van der Waals surface area contributed by atoms with E-state index in [0.717, 1.165) is 0 Å². The lowest BCUT2D eigenvalue weighted by Gasteiger charge is -2.04. The number of carbonyl (C=O) groups is 2. The second kappa shape index (κ2) is 6.08. The third kappa shape index (κ3) is 3.13. The molecule has 2 aromatic rings. The van der Waals surface area contributed by atoms with Crippen LogP contribution in [0.3, 0.4) is 0 Å². The number of esters is 1.